The van der Waals surface area contributed by atoms with Gasteiger partial charge in [0.1, 0.15) is 0 Å². The molecule has 0 aliphatic rings. The summed E-state index contributed by atoms with van der Waals surface area (Å²) in [5.74, 6) is 0. The van der Waals surface area contributed by atoms with Crippen LogP contribution < -0.4 is 103 Å². The van der Waals surface area contributed by atoms with E-state index in [0.29, 0.717) is 0 Å². The summed E-state index contributed by atoms with van der Waals surface area (Å²) in [5, 5.41) is 0. The summed E-state index contributed by atoms with van der Waals surface area (Å²) in [6.45, 7) is 0. The number of hydrogen-bond acceptors (Lipinski definition) is 28. The second kappa shape index (κ2) is 48.8. The van der Waals surface area contributed by atoms with Gasteiger partial charge in [-0.05, 0) is 0 Å². The second-order valence-electron chi connectivity index (χ2n) is 3.13. The molecule has 0 aliphatic carbocycles. The van der Waals surface area contributed by atoms with Crippen molar-refractivity contribution < 1.29 is 135 Å². The maximum atomic E-state index is 8.55. The van der Waals surface area contributed by atoms with Crippen LogP contribution in [0.2, 0.25) is 0 Å². The van der Waals surface area contributed by atoms with Gasteiger partial charge in [-0.2, -0.15) is 54.8 Å². The standard InChI is InChI=1S/3Al.3Ge.3Li.7H3O4P.3H/c;;;;;;;;;7*1-5(2,3)4;;;/h;;;;;;;;;7*(H3,1,2,3,4);;;/q3*+3;3*+4;;;;;;;;;;;;;/p-21. The molecule has 44 heteroatoms. The number of hydrogen-bond donors (Lipinski definition) is 0. The Morgan fingerprint density at radius 2 is 0.205 bits per heavy atom. The van der Waals surface area contributed by atoms with E-state index in [2.05, 4.69) is 0 Å². The minimum absolute atomic E-state index is 0. The van der Waals surface area contributed by atoms with Crippen molar-refractivity contribution in [2.45, 2.75) is 0 Å². The molecule has 0 N–H and O–H groups in total. The summed E-state index contributed by atoms with van der Waals surface area (Å²) < 4.78 is 59.8. The van der Waals surface area contributed by atoms with Gasteiger partial charge in [0.05, 0.1) is 0 Å². The zero-order valence-electron chi connectivity index (χ0n) is 17.8. The van der Waals surface area contributed by atoms with Gasteiger partial charge in [-0.3, -0.25) is 0 Å². The monoisotopic (exact) mass is 991 g/mol. The average molecular weight is 987 g/mol. The molecule has 0 rings (SSSR count). The summed E-state index contributed by atoms with van der Waals surface area (Å²) in [4.78, 5) is 180. The molecule has 44 heavy (non-hydrogen) atoms. The summed E-state index contributed by atoms with van der Waals surface area (Å²) >= 11 is 0. The third-order valence-electron chi connectivity index (χ3n) is 0. The first kappa shape index (κ1) is 104. The first-order valence-corrected chi connectivity index (χ1v) is 15.3. The van der Waals surface area contributed by atoms with E-state index in [1.165, 1.54) is 0 Å². The minimum atomic E-state index is -5.39. The van der Waals surface area contributed by atoms with Gasteiger partial charge in [-0.1, -0.05) is 0 Å². The van der Waals surface area contributed by atoms with Crippen molar-refractivity contribution in [3.8, 4) is 0 Å². The Bertz CT molecular complexity index is 591. The molecular weight excluding hydrogens is 984 g/mol. The molecule has 230 valence electrons. The predicted octanol–water partition coefficient (Wildman–Crippen LogP) is -24.0. The van der Waals surface area contributed by atoms with Crippen LogP contribution in [0.1, 0.15) is 0 Å². The first-order chi connectivity index (χ1) is 14.0. The molecule has 0 aromatic carbocycles. The zero-order chi connectivity index (χ0) is 31.5. The Labute approximate surface area is 347 Å². The van der Waals surface area contributed by atoms with Gasteiger partial charge in [0.15, 0.2) is 0 Å². The van der Waals surface area contributed by atoms with Crippen LogP contribution in [0.25, 0.3) is 0 Å². The van der Waals surface area contributed by atoms with E-state index >= 15 is 0 Å². The zero-order valence-corrected chi connectivity index (χ0v) is 33.8. The SMILES string of the molecule is O=P([O-])([O-])[O-].O=P([O-])([O-])[O-].O=P([O-])([O-])[O-].O=P([O-])([O-])[O-].O=P([O-])([O-])[O-].O=P([O-])([O-])[O-].O=P([O-])([O-])[O-].[Al+3].[Al+3].[Al+3].[Ge+4].[Ge+4].[Ge+4].[LiH].[LiH].[LiH]. The summed E-state index contributed by atoms with van der Waals surface area (Å²) in [6, 6.07) is 0. The van der Waals surface area contributed by atoms with Crippen molar-refractivity contribution in [3.05, 3.63) is 0 Å². The van der Waals surface area contributed by atoms with Gasteiger partial charge in [0.25, 0.3) is 0 Å². The van der Waals surface area contributed by atoms with Gasteiger partial charge >= 0.3 is 161 Å². The molecule has 0 radical (unpaired) electrons. The van der Waals surface area contributed by atoms with Crippen molar-refractivity contribution in [1.82, 2.24) is 0 Å². The van der Waals surface area contributed by atoms with Crippen LogP contribution in [-0.2, 0) is 32.0 Å². The molecular formula is H3Al3Ge3Li3O28P7. The number of phosphoric acid groups is 7. The van der Waals surface area contributed by atoms with Crippen LogP contribution in [0.4, 0.5) is 0 Å². The fourth-order valence-electron chi connectivity index (χ4n) is 0. The van der Waals surface area contributed by atoms with E-state index in [1.54, 1.807) is 0 Å². The van der Waals surface area contributed by atoms with Crippen molar-refractivity contribution in [3.63, 3.8) is 0 Å². The van der Waals surface area contributed by atoms with Crippen LogP contribution >= 0.6 is 54.8 Å². The molecule has 0 amide bonds. The van der Waals surface area contributed by atoms with Crippen molar-refractivity contribution >= 4 is 216 Å². The Hall–Kier alpha value is 5.79. The molecule has 0 aliphatic heterocycles. The van der Waals surface area contributed by atoms with Crippen LogP contribution in [0, 0.1) is 0 Å². The van der Waals surface area contributed by atoms with Crippen molar-refractivity contribution in [1.29, 1.82) is 0 Å². The molecule has 0 fully saturated rings. The summed E-state index contributed by atoms with van der Waals surface area (Å²) in [6.07, 6.45) is 0. The van der Waals surface area contributed by atoms with Crippen LogP contribution in [0.3, 0.4) is 0 Å². The normalized spacial score (nSPS) is 9.39. The van der Waals surface area contributed by atoms with Crippen molar-refractivity contribution in [2.75, 3.05) is 0 Å². The van der Waals surface area contributed by atoms with Gasteiger partial charge in [0, 0.05) is 0 Å². The maximum absolute atomic E-state index is 8.55. The second-order valence-corrected chi connectivity index (χ2v) is 9.39. The molecule has 0 spiro atoms. The van der Waals surface area contributed by atoms with E-state index in [0.717, 1.165) is 0 Å². The fourth-order valence-corrected chi connectivity index (χ4v) is 0. The summed E-state index contributed by atoms with van der Waals surface area (Å²) in [5.41, 5.74) is 0. The van der Waals surface area contributed by atoms with Gasteiger partial charge in [-0.15, -0.1) is 0 Å². The molecule has 0 aromatic rings. The Morgan fingerprint density at radius 3 is 0.205 bits per heavy atom. The predicted molar refractivity (Wildman–Crippen MR) is 109 cm³/mol. The molecule has 0 atom stereocenters. The van der Waals surface area contributed by atoms with Crippen LogP contribution in [0.15, 0.2) is 0 Å². The van der Waals surface area contributed by atoms with Gasteiger partial charge < -0.3 is 135 Å². The quantitative estimate of drug-likeness (QED) is 0.161. The third-order valence-corrected chi connectivity index (χ3v) is 0. The van der Waals surface area contributed by atoms with Crippen molar-refractivity contribution in [2.24, 2.45) is 0 Å². The Kier molecular flexibility index (Phi) is 115. The third kappa shape index (κ3) is 3120. The van der Waals surface area contributed by atoms with E-state index in [1.807, 2.05) is 0 Å². The molecule has 28 nitrogen and oxygen atoms in total. The van der Waals surface area contributed by atoms with Gasteiger partial charge in [-0.25, -0.2) is 0 Å². The molecule has 0 bridgehead atoms. The Morgan fingerprint density at radius 1 is 0.205 bits per heavy atom. The molecule has 0 saturated carbocycles. The van der Waals surface area contributed by atoms with Gasteiger partial charge in [0.2, 0.25) is 0 Å². The molecule has 0 saturated heterocycles. The molecule has 0 aromatic heterocycles. The van der Waals surface area contributed by atoms with E-state index in [-0.39, 0.29) is 161 Å². The average Bonchev–Trinajstić information content (AvgIpc) is 2.06. The number of rotatable bonds is 0. The van der Waals surface area contributed by atoms with E-state index < -0.39 is 54.8 Å². The fraction of sp³-hybridized carbons (Fsp3) is 0. The molecule has 0 unspecified atom stereocenters. The topological polar surface area (TPSA) is 604 Å². The molecule has 0 heterocycles. The van der Waals surface area contributed by atoms with E-state index in [9.17, 15) is 0 Å². The summed E-state index contributed by atoms with van der Waals surface area (Å²) in [7, 11) is -37.7. The van der Waals surface area contributed by atoms with E-state index in [4.69, 9.17) is 135 Å². The Balaban J connectivity index is -0.0000000144. The van der Waals surface area contributed by atoms with Crippen LogP contribution in [0.5, 0.6) is 0 Å². The van der Waals surface area contributed by atoms with Crippen LogP contribution in [-0.4, -0.2) is 161 Å². The first-order valence-electron chi connectivity index (χ1n) is 5.11.